The SMILES string of the molecule is CCOc1ccccc1NC(=O)[C@@H](NCC1(N2CCCCC2)CCCCC1)c1ccccc1. The summed E-state index contributed by atoms with van der Waals surface area (Å²) in [6.07, 6.45) is 10.2. The second-order valence-electron chi connectivity index (χ2n) is 9.48. The van der Waals surface area contributed by atoms with Gasteiger partial charge in [-0.25, -0.2) is 0 Å². The lowest BCUT2D eigenvalue weighted by molar-refractivity contribution is -0.118. The molecule has 1 saturated heterocycles. The standard InChI is InChI=1S/C28H39N3O2/c1-2-33-25-17-9-8-16-24(25)30-27(32)26(23-14-6-3-7-15-23)29-22-28(18-10-4-11-19-28)31-20-12-5-13-21-31/h3,6-9,14-17,26,29H,2,4-5,10-13,18-22H2,1H3,(H,30,32)/t26-/m0/s1. The van der Waals surface area contributed by atoms with Crippen LogP contribution in [-0.2, 0) is 4.79 Å². The Morgan fingerprint density at radius 1 is 0.939 bits per heavy atom. The molecule has 2 aliphatic rings. The fourth-order valence-electron chi connectivity index (χ4n) is 5.54. The van der Waals surface area contributed by atoms with Gasteiger partial charge in [0.2, 0.25) is 5.91 Å². The van der Waals surface area contributed by atoms with Crippen molar-refractivity contribution in [1.82, 2.24) is 10.2 Å². The number of hydrogen-bond acceptors (Lipinski definition) is 4. The van der Waals surface area contributed by atoms with Gasteiger partial charge in [0.25, 0.3) is 0 Å². The molecule has 1 heterocycles. The lowest BCUT2D eigenvalue weighted by atomic mass is 9.79. The lowest BCUT2D eigenvalue weighted by Crippen LogP contribution is -2.58. The Bertz CT molecular complexity index is 874. The zero-order valence-electron chi connectivity index (χ0n) is 20.0. The molecule has 178 valence electrons. The summed E-state index contributed by atoms with van der Waals surface area (Å²) in [5, 5.41) is 6.85. The molecule has 33 heavy (non-hydrogen) atoms. The average Bonchev–Trinajstić information content (AvgIpc) is 2.87. The number of hydrogen-bond donors (Lipinski definition) is 2. The highest BCUT2D eigenvalue weighted by Gasteiger charge is 2.39. The largest absolute Gasteiger partial charge is 0.492 e. The van der Waals surface area contributed by atoms with Gasteiger partial charge in [0.1, 0.15) is 11.8 Å². The summed E-state index contributed by atoms with van der Waals surface area (Å²) >= 11 is 0. The maximum absolute atomic E-state index is 13.6. The molecule has 2 aromatic rings. The molecule has 2 N–H and O–H groups in total. The molecule has 0 spiro atoms. The molecule has 0 unspecified atom stereocenters. The van der Waals surface area contributed by atoms with Crippen molar-refractivity contribution < 1.29 is 9.53 Å². The van der Waals surface area contributed by atoms with Gasteiger partial charge in [0, 0.05) is 12.1 Å². The Morgan fingerprint density at radius 3 is 2.33 bits per heavy atom. The van der Waals surface area contributed by atoms with Crippen LogP contribution in [0.5, 0.6) is 5.75 Å². The van der Waals surface area contributed by atoms with Gasteiger partial charge in [0.15, 0.2) is 0 Å². The molecule has 5 nitrogen and oxygen atoms in total. The average molecular weight is 450 g/mol. The molecule has 2 fully saturated rings. The van der Waals surface area contributed by atoms with Crippen LogP contribution in [0.1, 0.15) is 69.9 Å². The summed E-state index contributed by atoms with van der Waals surface area (Å²) in [4.78, 5) is 16.3. The van der Waals surface area contributed by atoms with Gasteiger partial charge in [-0.15, -0.1) is 0 Å². The van der Waals surface area contributed by atoms with E-state index in [9.17, 15) is 4.79 Å². The second-order valence-corrected chi connectivity index (χ2v) is 9.48. The van der Waals surface area contributed by atoms with Gasteiger partial charge in [-0.1, -0.05) is 68.1 Å². The number of anilines is 1. The molecule has 0 aromatic heterocycles. The van der Waals surface area contributed by atoms with E-state index in [0.717, 1.165) is 17.8 Å². The number of carbonyl (C=O) groups is 1. The van der Waals surface area contributed by atoms with Gasteiger partial charge in [-0.05, 0) is 63.4 Å². The maximum Gasteiger partial charge on any atom is 0.246 e. The van der Waals surface area contributed by atoms with Gasteiger partial charge >= 0.3 is 0 Å². The summed E-state index contributed by atoms with van der Waals surface area (Å²) < 4.78 is 5.73. The molecular weight excluding hydrogens is 410 g/mol. The fraction of sp³-hybridized carbons (Fsp3) is 0.536. The van der Waals surface area contributed by atoms with Crippen molar-refractivity contribution in [3.8, 4) is 5.75 Å². The van der Waals surface area contributed by atoms with Gasteiger partial charge in [-0.3, -0.25) is 9.69 Å². The smallest absolute Gasteiger partial charge is 0.246 e. The fourth-order valence-corrected chi connectivity index (χ4v) is 5.54. The van der Waals surface area contributed by atoms with Crippen LogP contribution in [0.3, 0.4) is 0 Å². The summed E-state index contributed by atoms with van der Waals surface area (Å²) in [6.45, 7) is 5.73. The molecule has 1 amide bonds. The first-order valence-electron chi connectivity index (χ1n) is 12.8. The van der Waals surface area contributed by atoms with E-state index in [1.165, 1.54) is 64.5 Å². The zero-order chi connectivity index (χ0) is 22.9. The first kappa shape index (κ1) is 23.8. The topological polar surface area (TPSA) is 53.6 Å². The zero-order valence-corrected chi connectivity index (χ0v) is 20.0. The van der Waals surface area contributed by atoms with E-state index in [-0.39, 0.29) is 11.4 Å². The maximum atomic E-state index is 13.6. The number of nitrogens with zero attached hydrogens (tertiary/aromatic N) is 1. The molecular formula is C28H39N3O2. The van der Waals surface area contributed by atoms with E-state index in [0.29, 0.717) is 12.4 Å². The van der Waals surface area contributed by atoms with Crippen LogP contribution in [0, 0.1) is 0 Å². The van der Waals surface area contributed by atoms with Crippen molar-refractivity contribution in [2.75, 3.05) is 31.6 Å². The monoisotopic (exact) mass is 449 g/mol. The lowest BCUT2D eigenvalue weighted by Gasteiger charge is -2.49. The van der Waals surface area contributed by atoms with Gasteiger partial charge < -0.3 is 15.4 Å². The van der Waals surface area contributed by atoms with Crippen LogP contribution in [0.15, 0.2) is 54.6 Å². The predicted octanol–water partition coefficient (Wildman–Crippen LogP) is 5.54. The first-order chi connectivity index (χ1) is 16.2. The van der Waals surface area contributed by atoms with Crippen LogP contribution in [0.4, 0.5) is 5.69 Å². The summed E-state index contributed by atoms with van der Waals surface area (Å²) in [5.41, 5.74) is 1.87. The highest BCUT2D eigenvalue weighted by atomic mass is 16.5. The van der Waals surface area contributed by atoms with Crippen molar-refractivity contribution in [2.24, 2.45) is 0 Å². The van der Waals surface area contributed by atoms with Crippen LogP contribution >= 0.6 is 0 Å². The van der Waals surface area contributed by atoms with E-state index in [1.807, 2.05) is 61.5 Å². The Labute approximate surface area is 198 Å². The minimum Gasteiger partial charge on any atom is -0.492 e. The minimum atomic E-state index is -0.413. The number of para-hydroxylation sites is 2. The molecule has 0 bridgehead atoms. The Morgan fingerprint density at radius 2 is 1.61 bits per heavy atom. The second kappa shape index (κ2) is 11.7. The molecule has 2 aromatic carbocycles. The number of piperidine rings is 1. The van der Waals surface area contributed by atoms with Gasteiger partial charge in [0.05, 0.1) is 12.3 Å². The Hall–Kier alpha value is -2.37. The van der Waals surface area contributed by atoms with E-state index in [2.05, 4.69) is 15.5 Å². The number of benzene rings is 2. The third kappa shape index (κ3) is 5.96. The molecule has 5 heteroatoms. The summed E-state index contributed by atoms with van der Waals surface area (Å²) in [6, 6.07) is 17.3. The molecule has 4 rings (SSSR count). The first-order valence-corrected chi connectivity index (χ1v) is 12.8. The number of rotatable bonds is 9. The number of amides is 1. The van der Waals surface area contributed by atoms with Crippen molar-refractivity contribution in [3.05, 3.63) is 60.2 Å². The summed E-state index contributed by atoms with van der Waals surface area (Å²) in [5.74, 6) is 0.662. The molecule has 1 aliphatic heterocycles. The molecule has 1 aliphatic carbocycles. The third-order valence-corrected chi connectivity index (χ3v) is 7.29. The van der Waals surface area contributed by atoms with E-state index < -0.39 is 6.04 Å². The summed E-state index contributed by atoms with van der Waals surface area (Å²) in [7, 11) is 0. The molecule has 1 atom stereocenters. The number of nitrogens with one attached hydrogen (secondary N) is 2. The molecule has 1 saturated carbocycles. The predicted molar refractivity (Wildman–Crippen MR) is 135 cm³/mol. The van der Waals surface area contributed by atoms with Crippen molar-refractivity contribution in [3.63, 3.8) is 0 Å². The third-order valence-electron chi connectivity index (χ3n) is 7.29. The molecule has 0 radical (unpaired) electrons. The van der Waals surface area contributed by atoms with Crippen molar-refractivity contribution in [2.45, 2.75) is 69.9 Å². The van der Waals surface area contributed by atoms with Crippen LogP contribution in [-0.4, -0.2) is 42.6 Å². The quantitative estimate of drug-likeness (QED) is 0.527. The number of likely N-dealkylation sites (tertiary alicyclic amines) is 1. The van der Waals surface area contributed by atoms with Crippen LogP contribution in [0.25, 0.3) is 0 Å². The minimum absolute atomic E-state index is 0.0436. The van der Waals surface area contributed by atoms with Crippen molar-refractivity contribution in [1.29, 1.82) is 0 Å². The Balaban J connectivity index is 1.54. The number of carbonyl (C=O) groups excluding carboxylic acids is 1. The highest BCUT2D eigenvalue weighted by Crippen LogP contribution is 2.36. The van der Waals surface area contributed by atoms with E-state index in [1.54, 1.807) is 0 Å². The van der Waals surface area contributed by atoms with E-state index in [4.69, 9.17) is 4.74 Å². The highest BCUT2D eigenvalue weighted by molar-refractivity contribution is 5.96. The van der Waals surface area contributed by atoms with Gasteiger partial charge in [-0.2, -0.15) is 0 Å². The Kier molecular flexibility index (Phi) is 8.40. The van der Waals surface area contributed by atoms with E-state index >= 15 is 0 Å². The number of ether oxygens (including phenoxy) is 1. The normalized spacial score (nSPS) is 19.5. The van der Waals surface area contributed by atoms with Crippen molar-refractivity contribution >= 4 is 11.6 Å². The van der Waals surface area contributed by atoms with Crippen LogP contribution in [0.2, 0.25) is 0 Å². The van der Waals surface area contributed by atoms with Crippen LogP contribution < -0.4 is 15.4 Å².